The smallest absolute Gasteiger partial charge is 0.408 e. The number of carbonyl (C=O) groups excluding carboxylic acids is 3. The van der Waals surface area contributed by atoms with Crippen molar-refractivity contribution < 1.29 is 19.1 Å². The molecule has 0 aliphatic heterocycles. The standard InChI is InChI=1S/C21H24IN3O4/c1-21(2,3)29-20(28)24-13-18(26)23-12-14-7-6-8-15(11-14)25-19(27)16-9-4-5-10-17(16)22/h4-11H,12-13H2,1-3H3,(H,23,26)(H,24,28)(H,25,27). The van der Waals surface area contributed by atoms with Crippen LogP contribution in [0, 0.1) is 3.57 Å². The highest BCUT2D eigenvalue weighted by Gasteiger charge is 2.16. The van der Waals surface area contributed by atoms with Crippen molar-refractivity contribution in [2.45, 2.75) is 32.9 Å². The molecule has 0 saturated carbocycles. The van der Waals surface area contributed by atoms with E-state index in [-0.39, 0.29) is 24.9 Å². The quantitative estimate of drug-likeness (QED) is 0.518. The second-order valence-electron chi connectivity index (χ2n) is 7.27. The molecule has 0 aliphatic carbocycles. The van der Waals surface area contributed by atoms with Crippen molar-refractivity contribution in [3.05, 3.63) is 63.2 Å². The molecule has 0 bridgehead atoms. The van der Waals surface area contributed by atoms with Crippen molar-refractivity contribution in [2.75, 3.05) is 11.9 Å². The normalized spacial score (nSPS) is 10.8. The summed E-state index contributed by atoms with van der Waals surface area (Å²) in [5, 5.41) is 7.98. The predicted molar refractivity (Wildman–Crippen MR) is 120 cm³/mol. The molecule has 3 N–H and O–H groups in total. The van der Waals surface area contributed by atoms with Crippen LogP contribution in [0.5, 0.6) is 0 Å². The molecule has 2 rings (SSSR count). The van der Waals surface area contributed by atoms with Crippen molar-refractivity contribution >= 4 is 46.2 Å². The van der Waals surface area contributed by atoms with Crippen LogP contribution in [-0.4, -0.2) is 30.1 Å². The number of hydrogen-bond acceptors (Lipinski definition) is 4. The first-order valence-electron chi connectivity index (χ1n) is 9.02. The number of hydrogen-bond donors (Lipinski definition) is 3. The monoisotopic (exact) mass is 509 g/mol. The van der Waals surface area contributed by atoms with Crippen LogP contribution < -0.4 is 16.0 Å². The molecular formula is C21H24IN3O4. The Balaban J connectivity index is 1.85. The van der Waals surface area contributed by atoms with Crippen molar-refractivity contribution in [1.82, 2.24) is 10.6 Å². The van der Waals surface area contributed by atoms with E-state index in [1.807, 2.05) is 24.3 Å². The van der Waals surface area contributed by atoms with E-state index in [2.05, 4.69) is 38.5 Å². The predicted octanol–water partition coefficient (Wildman–Crippen LogP) is 3.68. The molecule has 29 heavy (non-hydrogen) atoms. The number of ether oxygens (including phenoxy) is 1. The maximum atomic E-state index is 12.4. The van der Waals surface area contributed by atoms with Gasteiger partial charge in [0.2, 0.25) is 5.91 Å². The summed E-state index contributed by atoms with van der Waals surface area (Å²) >= 11 is 2.12. The second-order valence-corrected chi connectivity index (χ2v) is 8.43. The first-order valence-corrected chi connectivity index (χ1v) is 10.1. The third-order valence-electron chi connectivity index (χ3n) is 3.59. The van der Waals surface area contributed by atoms with Gasteiger partial charge in [0.05, 0.1) is 5.56 Å². The van der Waals surface area contributed by atoms with E-state index in [0.717, 1.165) is 9.13 Å². The molecule has 0 aliphatic rings. The molecule has 0 saturated heterocycles. The van der Waals surface area contributed by atoms with Crippen LogP contribution in [0.4, 0.5) is 10.5 Å². The maximum Gasteiger partial charge on any atom is 0.408 e. The first kappa shape index (κ1) is 22.7. The molecule has 0 aromatic heterocycles. The Morgan fingerprint density at radius 3 is 2.41 bits per heavy atom. The lowest BCUT2D eigenvalue weighted by atomic mass is 10.1. The molecular weight excluding hydrogens is 485 g/mol. The zero-order valence-electron chi connectivity index (χ0n) is 16.5. The largest absolute Gasteiger partial charge is 0.444 e. The minimum atomic E-state index is -0.645. The number of anilines is 1. The number of alkyl carbamates (subject to hydrolysis) is 1. The van der Waals surface area contributed by atoms with Gasteiger partial charge in [0.15, 0.2) is 0 Å². The first-order chi connectivity index (χ1) is 13.6. The van der Waals surface area contributed by atoms with Gasteiger partial charge in [0, 0.05) is 15.8 Å². The molecule has 0 atom stereocenters. The summed E-state index contributed by atoms with van der Waals surface area (Å²) in [4.78, 5) is 35.9. The number of halogens is 1. The van der Waals surface area contributed by atoms with Gasteiger partial charge in [-0.05, 0) is 73.2 Å². The van der Waals surface area contributed by atoms with Crippen molar-refractivity contribution in [2.24, 2.45) is 0 Å². The van der Waals surface area contributed by atoms with Crippen LogP contribution in [0.15, 0.2) is 48.5 Å². The zero-order valence-corrected chi connectivity index (χ0v) is 18.7. The molecule has 0 fully saturated rings. The number of amides is 3. The lowest BCUT2D eigenvalue weighted by molar-refractivity contribution is -0.120. The highest BCUT2D eigenvalue weighted by molar-refractivity contribution is 14.1. The molecule has 0 radical (unpaired) electrons. The molecule has 154 valence electrons. The van der Waals surface area contributed by atoms with E-state index in [1.54, 1.807) is 45.0 Å². The van der Waals surface area contributed by atoms with E-state index < -0.39 is 11.7 Å². The summed E-state index contributed by atoms with van der Waals surface area (Å²) in [6.07, 6.45) is -0.645. The molecule has 0 heterocycles. The van der Waals surface area contributed by atoms with Gasteiger partial charge >= 0.3 is 6.09 Å². The highest BCUT2D eigenvalue weighted by Crippen LogP contribution is 2.16. The van der Waals surface area contributed by atoms with E-state index in [0.29, 0.717) is 11.3 Å². The van der Waals surface area contributed by atoms with Crippen LogP contribution in [-0.2, 0) is 16.1 Å². The highest BCUT2D eigenvalue weighted by atomic mass is 127. The van der Waals surface area contributed by atoms with E-state index >= 15 is 0 Å². The SMILES string of the molecule is CC(C)(C)OC(=O)NCC(=O)NCc1cccc(NC(=O)c2ccccc2I)c1. The third-order valence-corrected chi connectivity index (χ3v) is 4.53. The van der Waals surface area contributed by atoms with E-state index in [1.165, 1.54) is 0 Å². The Kier molecular flexibility index (Phi) is 8.00. The minimum absolute atomic E-state index is 0.183. The number of benzene rings is 2. The Hall–Kier alpha value is -2.62. The lowest BCUT2D eigenvalue weighted by Gasteiger charge is -2.19. The third kappa shape index (κ3) is 8.10. The molecule has 0 spiro atoms. The van der Waals surface area contributed by atoms with Crippen molar-refractivity contribution in [1.29, 1.82) is 0 Å². The summed E-state index contributed by atoms with van der Waals surface area (Å²) in [5.41, 5.74) is 1.42. The Morgan fingerprint density at radius 2 is 1.72 bits per heavy atom. The van der Waals surface area contributed by atoms with Crippen LogP contribution in [0.1, 0.15) is 36.7 Å². The van der Waals surface area contributed by atoms with Gasteiger partial charge in [-0.2, -0.15) is 0 Å². The molecule has 2 aromatic carbocycles. The van der Waals surface area contributed by atoms with Gasteiger partial charge in [-0.3, -0.25) is 9.59 Å². The molecule has 3 amide bonds. The fraction of sp³-hybridized carbons (Fsp3) is 0.286. The van der Waals surface area contributed by atoms with Crippen molar-refractivity contribution in [3.8, 4) is 0 Å². The van der Waals surface area contributed by atoms with Gasteiger partial charge in [-0.25, -0.2) is 4.79 Å². The summed E-state index contributed by atoms with van der Waals surface area (Å²) in [5.74, 6) is -0.540. The summed E-state index contributed by atoms with van der Waals surface area (Å²) < 4.78 is 5.94. The van der Waals surface area contributed by atoms with Gasteiger partial charge in [0.1, 0.15) is 12.1 Å². The second kappa shape index (κ2) is 10.2. The van der Waals surface area contributed by atoms with Gasteiger partial charge in [-0.15, -0.1) is 0 Å². The molecule has 2 aromatic rings. The zero-order chi connectivity index (χ0) is 21.4. The van der Waals surface area contributed by atoms with E-state index in [9.17, 15) is 14.4 Å². The fourth-order valence-electron chi connectivity index (χ4n) is 2.33. The van der Waals surface area contributed by atoms with Crippen LogP contribution in [0.3, 0.4) is 0 Å². The van der Waals surface area contributed by atoms with Crippen LogP contribution in [0.2, 0.25) is 0 Å². The van der Waals surface area contributed by atoms with Gasteiger partial charge in [0.25, 0.3) is 5.91 Å². The van der Waals surface area contributed by atoms with Crippen LogP contribution >= 0.6 is 22.6 Å². The average molecular weight is 509 g/mol. The number of carbonyl (C=O) groups is 3. The topological polar surface area (TPSA) is 96.5 Å². The van der Waals surface area contributed by atoms with E-state index in [4.69, 9.17) is 4.74 Å². The van der Waals surface area contributed by atoms with Gasteiger partial charge in [-0.1, -0.05) is 24.3 Å². The lowest BCUT2D eigenvalue weighted by Crippen LogP contribution is -2.39. The van der Waals surface area contributed by atoms with Crippen LogP contribution in [0.25, 0.3) is 0 Å². The minimum Gasteiger partial charge on any atom is -0.444 e. The van der Waals surface area contributed by atoms with Crippen molar-refractivity contribution in [3.63, 3.8) is 0 Å². The summed E-state index contributed by atoms with van der Waals surface area (Å²) in [6.45, 7) is 5.32. The molecule has 0 unspecified atom stereocenters. The fourth-order valence-corrected chi connectivity index (χ4v) is 2.96. The van der Waals surface area contributed by atoms with Gasteiger partial charge < -0.3 is 20.7 Å². The number of rotatable bonds is 6. The number of nitrogens with one attached hydrogen (secondary N) is 3. The summed E-state index contributed by atoms with van der Waals surface area (Å²) in [7, 11) is 0. The average Bonchev–Trinajstić information content (AvgIpc) is 2.64. The molecule has 8 heteroatoms. The Bertz CT molecular complexity index is 893. The Morgan fingerprint density at radius 1 is 1.00 bits per heavy atom. The summed E-state index contributed by atoms with van der Waals surface area (Å²) in [6, 6.07) is 14.5. The maximum absolute atomic E-state index is 12.4. The molecule has 7 nitrogen and oxygen atoms in total. The Labute approximate surface area is 183 Å².